The molecule has 0 radical (unpaired) electrons. The maximum atomic E-state index is 12.8. The number of halogens is 2. The zero-order valence-corrected chi connectivity index (χ0v) is 7.35. The standard InChI is InChI=1S/C7H6BrFO2/c1-11-5-3-2-4(10)7(9)6(5)8/h2-3,10H,1H3. The van der Waals surface area contributed by atoms with Gasteiger partial charge in [-0.15, -0.1) is 0 Å². The topological polar surface area (TPSA) is 29.5 Å². The third-order valence-corrected chi connectivity index (χ3v) is 1.99. The van der Waals surface area contributed by atoms with Crippen LogP contribution in [0.3, 0.4) is 0 Å². The first-order valence-corrected chi connectivity index (χ1v) is 3.67. The molecule has 1 aromatic carbocycles. The Morgan fingerprint density at radius 2 is 2.18 bits per heavy atom. The van der Waals surface area contributed by atoms with Gasteiger partial charge in [-0.1, -0.05) is 0 Å². The molecule has 0 amide bonds. The SMILES string of the molecule is COc1ccc(O)c(F)c1Br. The van der Waals surface area contributed by atoms with Gasteiger partial charge in [-0.2, -0.15) is 0 Å². The molecule has 60 valence electrons. The molecule has 1 N–H and O–H groups in total. The minimum absolute atomic E-state index is 0.139. The molecule has 0 aliphatic rings. The Morgan fingerprint density at radius 3 is 2.73 bits per heavy atom. The second-order valence-electron chi connectivity index (χ2n) is 1.91. The van der Waals surface area contributed by atoms with Crippen LogP contribution in [0.5, 0.6) is 11.5 Å². The van der Waals surface area contributed by atoms with E-state index in [9.17, 15) is 4.39 Å². The lowest BCUT2D eigenvalue weighted by atomic mass is 10.3. The van der Waals surface area contributed by atoms with Crippen molar-refractivity contribution in [3.05, 3.63) is 22.4 Å². The molecule has 0 atom stereocenters. The highest BCUT2D eigenvalue weighted by atomic mass is 79.9. The van der Waals surface area contributed by atoms with Gasteiger partial charge < -0.3 is 9.84 Å². The van der Waals surface area contributed by atoms with Gasteiger partial charge in [-0.05, 0) is 28.1 Å². The molecule has 0 spiro atoms. The Kier molecular flexibility index (Phi) is 2.34. The van der Waals surface area contributed by atoms with Crippen molar-refractivity contribution in [1.82, 2.24) is 0 Å². The smallest absolute Gasteiger partial charge is 0.182 e. The first-order chi connectivity index (χ1) is 5.16. The fourth-order valence-electron chi connectivity index (χ4n) is 0.679. The molecule has 0 aromatic heterocycles. The molecular formula is C7H6BrFO2. The second-order valence-corrected chi connectivity index (χ2v) is 2.71. The lowest BCUT2D eigenvalue weighted by Crippen LogP contribution is -1.87. The minimum Gasteiger partial charge on any atom is -0.505 e. The average molecular weight is 221 g/mol. The van der Waals surface area contributed by atoms with Crippen LogP contribution in [0.15, 0.2) is 16.6 Å². The molecule has 0 saturated carbocycles. The molecule has 0 aliphatic carbocycles. The first kappa shape index (κ1) is 8.33. The Morgan fingerprint density at radius 1 is 1.55 bits per heavy atom. The van der Waals surface area contributed by atoms with Gasteiger partial charge in [-0.3, -0.25) is 0 Å². The highest BCUT2D eigenvalue weighted by molar-refractivity contribution is 9.10. The van der Waals surface area contributed by atoms with Crippen LogP contribution >= 0.6 is 15.9 Å². The summed E-state index contributed by atoms with van der Waals surface area (Å²) in [5.74, 6) is -0.734. The van der Waals surface area contributed by atoms with Gasteiger partial charge in [0.2, 0.25) is 0 Å². The van der Waals surface area contributed by atoms with E-state index < -0.39 is 11.6 Å². The number of rotatable bonds is 1. The Hall–Kier alpha value is -0.770. The van der Waals surface area contributed by atoms with Gasteiger partial charge in [0.15, 0.2) is 11.6 Å². The predicted molar refractivity (Wildman–Crippen MR) is 42.3 cm³/mol. The van der Waals surface area contributed by atoms with Gasteiger partial charge in [0.1, 0.15) is 5.75 Å². The zero-order valence-electron chi connectivity index (χ0n) is 5.77. The molecule has 0 fully saturated rings. The van der Waals surface area contributed by atoms with Crippen LogP contribution in [-0.4, -0.2) is 12.2 Å². The highest BCUT2D eigenvalue weighted by Gasteiger charge is 2.09. The van der Waals surface area contributed by atoms with Crippen molar-refractivity contribution in [2.75, 3.05) is 7.11 Å². The van der Waals surface area contributed by atoms with E-state index in [2.05, 4.69) is 15.9 Å². The molecule has 0 saturated heterocycles. The van der Waals surface area contributed by atoms with Crippen LogP contribution in [0.1, 0.15) is 0 Å². The maximum absolute atomic E-state index is 12.8. The second kappa shape index (κ2) is 3.09. The lowest BCUT2D eigenvalue weighted by molar-refractivity contribution is 0.395. The molecule has 2 nitrogen and oxygen atoms in total. The monoisotopic (exact) mass is 220 g/mol. The molecular weight excluding hydrogens is 215 g/mol. The largest absolute Gasteiger partial charge is 0.505 e. The van der Waals surface area contributed by atoms with Gasteiger partial charge in [-0.25, -0.2) is 4.39 Å². The van der Waals surface area contributed by atoms with Crippen molar-refractivity contribution in [3.63, 3.8) is 0 Å². The fraction of sp³-hybridized carbons (Fsp3) is 0.143. The van der Waals surface area contributed by atoms with Crippen molar-refractivity contribution in [2.24, 2.45) is 0 Å². The number of benzene rings is 1. The van der Waals surface area contributed by atoms with Crippen LogP contribution in [0.2, 0.25) is 0 Å². The molecule has 11 heavy (non-hydrogen) atoms. The lowest BCUT2D eigenvalue weighted by Gasteiger charge is -2.03. The summed E-state index contributed by atoms with van der Waals surface area (Å²) in [6, 6.07) is 2.71. The van der Waals surface area contributed by atoms with Crippen LogP contribution < -0.4 is 4.74 Å². The van der Waals surface area contributed by atoms with E-state index >= 15 is 0 Å². The van der Waals surface area contributed by atoms with Gasteiger partial charge in [0.25, 0.3) is 0 Å². The van der Waals surface area contributed by atoms with Crippen LogP contribution in [0.4, 0.5) is 4.39 Å². The van der Waals surface area contributed by atoms with Crippen molar-refractivity contribution >= 4 is 15.9 Å². The number of hydrogen-bond donors (Lipinski definition) is 1. The highest BCUT2D eigenvalue weighted by Crippen LogP contribution is 2.32. The van der Waals surface area contributed by atoms with Crippen LogP contribution in [0, 0.1) is 5.82 Å². The third kappa shape index (κ3) is 1.45. The van der Waals surface area contributed by atoms with Crippen LogP contribution in [0.25, 0.3) is 0 Å². The fourth-order valence-corrected chi connectivity index (χ4v) is 1.18. The van der Waals surface area contributed by atoms with Crippen molar-refractivity contribution in [1.29, 1.82) is 0 Å². The molecule has 1 aromatic rings. The summed E-state index contributed by atoms with van der Waals surface area (Å²) in [5.41, 5.74) is 0. The van der Waals surface area contributed by atoms with E-state index in [0.717, 1.165) is 0 Å². The maximum Gasteiger partial charge on any atom is 0.182 e. The van der Waals surface area contributed by atoms with E-state index in [1.54, 1.807) is 0 Å². The van der Waals surface area contributed by atoms with Crippen molar-refractivity contribution < 1.29 is 14.2 Å². The van der Waals surface area contributed by atoms with Gasteiger partial charge in [0, 0.05) is 0 Å². The Bertz CT molecular complexity index is 275. The summed E-state index contributed by atoms with van der Waals surface area (Å²) < 4.78 is 17.7. The molecule has 1 rings (SSSR count). The average Bonchev–Trinajstić information content (AvgIpc) is 2.01. The summed E-state index contributed by atoms with van der Waals surface area (Å²) in [7, 11) is 1.43. The van der Waals surface area contributed by atoms with Crippen LogP contribution in [-0.2, 0) is 0 Å². The van der Waals surface area contributed by atoms with E-state index in [1.165, 1.54) is 19.2 Å². The van der Waals surface area contributed by atoms with Gasteiger partial charge in [0.05, 0.1) is 11.6 Å². The first-order valence-electron chi connectivity index (χ1n) is 2.87. The molecule has 0 unspecified atom stereocenters. The van der Waals surface area contributed by atoms with Crippen molar-refractivity contribution in [3.8, 4) is 11.5 Å². The summed E-state index contributed by atoms with van der Waals surface area (Å²) in [6.07, 6.45) is 0. The quantitative estimate of drug-likeness (QED) is 0.788. The van der Waals surface area contributed by atoms with E-state index in [0.29, 0.717) is 5.75 Å². The third-order valence-electron chi connectivity index (χ3n) is 1.25. The summed E-state index contributed by atoms with van der Waals surface area (Å²) >= 11 is 2.93. The van der Waals surface area contributed by atoms with E-state index in [4.69, 9.17) is 9.84 Å². The molecule has 0 bridgehead atoms. The predicted octanol–water partition coefficient (Wildman–Crippen LogP) is 2.30. The summed E-state index contributed by atoms with van der Waals surface area (Å²) in [4.78, 5) is 0. The number of hydrogen-bond acceptors (Lipinski definition) is 2. The van der Waals surface area contributed by atoms with Gasteiger partial charge >= 0.3 is 0 Å². The summed E-state index contributed by atoms with van der Waals surface area (Å²) in [5, 5.41) is 8.86. The number of ether oxygens (including phenoxy) is 1. The molecule has 0 aliphatic heterocycles. The normalized spacial score (nSPS) is 9.73. The van der Waals surface area contributed by atoms with Crippen molar-refractivity contribution in [2.45, 2.75) is 0 Å². The zero-order chi connectivity index (χ0) is 8.43. The molecule has 0 heterocycles. The minimum atomic E-state index is -0.704. The number of aromatic hydroxyl groups is 1. The van der Waals surface area contributed by atoms with E-state index in [1.807, 2.05) is 0 Å². The Labute approximate surface area is 71.7 Å². The number of phenols is 1. The number of methoxy groups -OCH3 is 1. The number of phenolic OH excluding ortho intramolecular Hbond substituents is 1. The van der Waals surface area contributed by atoms with E-state index in [-0.39, 0.29) is 4.47 Å². The summed E-state index contributed by atoms with van der Waals surface area (Å²) in [6.45, 7) is 0. The molecule has 4 heteroatoms. The Balaban J connectivity index is 3.25.